The molecule has 4 aromatic rings. The summed E-state index contributed by atoms with van der Waals surface area (Å²) >= 11 is 0. The highest BCUT2D eigenvalue weighted by Crippen LogP contribution is 2.34. The lowest BCUT2D eigenvalue weighted by Crippen LogP contribution is -2.53. The summed E-state index contributed by atoms with van der Waals surface area (Å²) in [5.74, 6) is -6.21. The van der Waals surface area contributed by atoms with Crippen molar-refractivity contribution in [3.8, 4) is 5.75 Å². The Hall–Kier alpha value is -5.79. The number of aliphatic carboxylic acids is 2. The number of fused-ring (bicyclic) bond motifs is 2. The lowest BCUT2D eigenvalue weighted by molar-refractivity contribution is -0.152. The van der Waals surface area contributed by atoms with E-state index in [2.05, 4.69) is 10.3 Å². The number of hydrogen-bond acceptors (Lipinski definition) is 8. The van der Waals surface area contributed by atoms with Gasteiger partial charge < -0.3 is 34.8 Å². The molecule has 2 atom stereocenters. The summed E-state index contributed by atoms with van der Waals surface area (Å²) in [6.45, 7) is 3.84. The van der Waals surface area contributed by atoms with Crippen molar-refractivity contribution in [2.75, 3.05) is 39.3 Å². The van der Waals surface area contributed by atoms with Crippen LogP contribution in [0.5, 0.6) is 5.75 Å². The molecule has 3 amide bonds. The first-order valence-corrected chi connectivity index (χ1v) is 15.7. The Kier molecular flexibility index (Phi) is 10.5. The van der Waals surface area contributed by atoms with Gasteiger partial charge in [0.05, 0.1) is 12.1 Å². The largest absolute Gasteiger partial charge is 0.481 e. The fourth-order valence-electron chi connectivity index (χ4n) is 5.70. The van der Waals surface area contributed by atoms with Gasteiger partial charge in [0.15, 0.2) is 0 Å². The van der Waals surface area contributed by atoms with Crippen molar-refractivity contribution in [2.24, 2.45) is 5.92 Å². The van der Waals surface area contributed by atoms with Gasteiger partial charge in [0.2, 0.25) is 12.0 Å². The minimum Gasteiger partial charge on any atom is -0.481 e. The second kappa shape index (κ2) is 15.0. The minimum atomic E-state index is -1.53. The summed E-state index contributed by atoms with van der Waals surface area (Å²) in [6, 6.07) is 16.1. The van der Waals surface area contributed by atoms with Gasteiger partial charge in [-0.3, -0.25) is 14.4 Å². The molecule has 1 fully saturated rings. The fourth-order valence-corrected chi connectivity index (χ4v) is 5.70. The van der Waals surface area contributed by atoms with E-state index in [0.717, 1.165) is 11.5 Å². The molecule has 0 spiro atoms. The number of ether oxygens (including phenoxy) is 2. The number of nitrogens with one attached hydrogen (secondary N) is 1. The molecule has 2 heterocycles. The third-order valence-corrected chi connectivity index (χ3v) is 8.29. The summed E-state index contributed by atoms with van der Waals surface area (Å²) in [5, 5.41) is 24.2. The molecule has 0 bridgehead atoms. The first-order chi connectivity index (χ1) is 23.5. The van der Waals surface area contributed by atoms with Crippen LogP contribution in [0.2, 0.25) is 0 Å². The predicted molar refractivity (Wildman–Crippen MR) is 175 cm³/mol. The predicted octanol–water partition coefficient (Wildman–Crippen LogP) is 4.16. The van der Waals surface area contributed by atoms with Crippen molar-refractivity contribution in [3.05, 3.63) is 83.3 Å². The number of carbonyl (C=O) groups excluding carboxylic acids is 3. The lowest BCUT2D eigenvalue weighted by Gasteiger charge is -2.35. The number of rotatable bonds is 11. The van der Waals surface area contributed by atoms with Gasteiger partial charge in [0.25, 0.3) is 5.91 Å². The molecule has 1 aliphatic heterocycles. The average Bonchev–Trinajstić information content (AvgIpc) is 3.09. The molecule has 0 aliphatic carbocycles. The highest BCUT2D eigenvalue weighted by Gasteiger charge is 2.33. The van der Waals surface area contributed by atoms with Crippen LogP contribution < -0.4 is 10.1 Å². The number of piperazine rings is 1. The van der Waals surface area contributed by atoms with Crippen LogP contribution in [0.15, 0.2) is 60.7 Å². The molecule has 13 nitrogen and oxygen atoms in total. The van der Waals surface area contributed by atoms with Crippen molar-refractivity contribution in [1.82, 2.24) is 20.1 Å². The van der Waals surface area contributed by atoms with Gasteiger partial charge in [-0.1, -0.05) is 42.5 Å². The van der Waals surface area contributed by atoms with Gasteiger partial charge in [-0.15, -0.1) is 0 Å². The van der Waals surface area contributed by atoms with E-state index >= 15 is 0 Å². The van der Waals surface area contributed by atoms with Gasteiger partial charge in [0.1, 0.15) is 23.2 Å². The number of halogens is 1. The standard InChI is InChI=1S/C35H35FN4O9/c1-3-48-35(47)40-15-13-39(14-16-40)32(42)24(33(43)44)11-12-37-31(41)28-19-29(25-18-26(36)20(2)17-27(25)38-28)49-30(34(45)46)23-10-6-8-21-7-4-5-9-22(21)23/h4-10,17-19,24,30H,3,11-16H2,1-2H3,(H,37,41)(H,43,44)(H,45,46). The van der Waals surface area contributed by atoms with Crippen LogP contribution >= 0.6 is 0 Å². The van der Waals surface area contributed by atoms with E-state index in [-0.39, 0.29) is 73.7 Å². The molecule has 256 valence electrons. The Morgan fingerprint density at radius 3 is 2.31 bits per heavy atom. The fraction of sp³-hybridized carbons (Fsp3) is 0.314. The highest BCUT2D eigenvalue weighted by molar-refractivity contribution is 5.99. The van der Waals surface area contributed by atoms with Crippen molar-refractivity contribution < 1.29 is 48.0 Å². The zero-order chi connectivity index (χ0) is 35.2. The molecule has 5 rings (SSSR count). The molecule has 1 saturated heterocycles. The molecule has 3 aromatic carbocycles. The molecule has 1 aliphatic rings. The summed E-state index contributed by atoms with van der Waals surface area (Å²) in [4.78, 5) is 70.1. The van der Waals surface area contributed by atoms with Crippen LogP contribution in [0.25, 0.3) is 21.7 Å². The first-order valence-electron chi connectivity index (χ1n) is 15.7. The highest BCUT2D eigenvalue weighted by atomic mass is 19.1. The van der Waals surface area contributed by atoms with E-state index in [1.54, 1.807) is 31.2 Å². The molecular formula is C35H35FN4O9. The number of benzene rings is 3. The zero-order valence-electron chi connectivity index (χ0n) is 26.8. The SMILES string of the molecule is CCOC(=O)N1CCN(C(=O)C(CCNC(=O)c2cc(OC(C(=O)O)c3cccc4ccccc34)c3cc(F)c(C)cc3n2)C(=O)O)CC1. The van der Waals surface area contributed by atoms with E-state index < -0.39 is 47.7 Å². The third kappa shape index (κ3) is 7.69. The smallest absolute Gasteiger partial charge is 0.409 e. The Morgan fingerprint density at radius 1 is 0.918 bits per heavy atom. The summed E-state index contributed by atoms with van der Waals surface area (Å²) in [5.41, 5.74) is 0.562. The Bertz CT molecular complexity index is 1920. The van der Waals surface area contributed by atoms with E-state index in [0.29, 0.717) is 10.9 Å². The van der Waals surface area contributed by atoms with Gasteiger partial charge in [-0.05, 0) is 48.7 Å². The van der Waals surface area contributed by atoms with Crippen LogP contribution in [-0.4, -0.2) is 94.2 Å². The van der Waals surface area contributed by atoms with Crippen LogP contribution in [0.1, 0.15) is 41.1 Å². The zero-order valence-corrected chi connectivity index (χ0v) is 26.8. The first kappa shape index (κ1) is 34.5. The molecule has 0 saturated carbocycles. The summed E-state index contributed by atoms with van der Waals surface area (Å²) in [6.07, 6.45) is -2.27. The summed E-state index contributed by atoms with van der Waals surface area (Å²) in [7, 11) is 0. The lowest BCUT2D eigenvalue weighted by atomic mass is 10.00. The van der Waals surface area contributed by atoms with E-state index in [4.69, 9.17) is 9.47 Å². The quantitative estimate of drug-likeness (QED) is 0.196. The average molecular weight is 675 g/mol. The van der Waals surface area contributed by atoms with Crippen LogP contribution in [0.4, 0.5) is 9.18 Å². The number of carboxylic acids is 2. The number of aromatic nitrogens is 1. The number of carboxylic acid groups (broad SMARTS) is 2. The second-order valence-electron chi connectivity index (χ2n) is 11.5. The van der Waals surface area contributed by atoms with Crippen molar-refractivity contribution >= 4 is 51.5 Å². The second-order valence-corrected chi connectivity index (χ2v) is 11.5. The summed E-state index contributed by atoms with van der Waals surface area (Å²) < 4.78 is 25.7. The Balaban J connectivity index is 1.34. The molecule has 0 radical (unpaired) electrons. The maximum atomic E-state index is 14.7. The third-order valence-electron chi connectivity index (χ3n) is 8.29. The molecule has 1 aromatic heterocycles. The monoisotopic (exact) mass is 674 g/mol. The number of nitrogens with zero attached hydrogens (tertiary/aromatic N) is 3. The maximum absolute atomic E-state index is 14.7. The van der Waals surface area contributed by atoms with Gasteiger partial charge >= 0.3 is 18.0 Å². The van der Waals surface area contributed by atoms with Crippen LogP contribution in [-0.2, 0) is 19.1 Å². The number of amides is 3. The molecule has 14 heteroatoms. The maximum Gasteiger partial charge on any atom is 0.409 e. The van der Waals surface area contributed by atoms with Gasteiger partial charge in [-0.25, -0.2) is 19.0 Å². The Morgan fingerprint density at radius 2 is 1.61 bits per heavy atom. The topological polar surface area (TPSA) is 176 Å². The van der Waals surface area contributed by atoms with E-state index in [1.807, 2.05) is 18.2 Å². The van der Waals surface area contributed by atoms with Gasteiger partial charge in [-0.2, -0.15) is 0 Å². The van der Waals surface area contributed by atoms with Crippen molar-refractivity contribution in [2.45, 2.75) is 26.4 Å². The van der Waals surface area contributed by atoms with Crippen molar-refractivity contribution in [1.29, 1.82) is 0 Å². The number of carbonyl (C=O) groups is 5. The van der Waals surface area contributed by atoms with E-state index in [9.17, 15) is 38.6 Å². The van der Waals surface area contributed by atoms with Crippen LogP contribution in [0, 0.1) is 18.7 Å². The number of hydrogen-bond donors (Lipinski definition) is 3. The molecule has 49 heavy (non-hydrogen) atoms. The minimum absolute atomic E-state index is 0.102. The molecule has 2 unspecified atom stereocenters. The molecule has 3 N–H and O–H groups in total. The normalized spacial score (nSPS) is 14.3. The van der Waals surface area contributed by atoms with E-state index in [1.165, 1.54) is 28.9 Å². The Labute approximate surface area is 280 Å². The van der Waals surface area contributed by atoms with Crippen LogP contribution in [0.3, 0.4) is 0 Å². The van der Waals surface area contributed by atoms with Gasteiger partial charge in [0, 0.05) is 49.7 Å². The number of pyridine rings is 1. The number of aryl methyl sites for hydroxylation is 1. The molecular weight excluding hydrogens is 639 g/mol. The van der Waals surface area contributed by atoms with Crippen molar-refractivity contribution in [3.63, 3.8) is 0 Å².